The van der Waals surface area contributed by atoms with Gasteiger partial charge in [-0.05, 0) is 24.3 Å². The second-order valence-corrected chi connectivity index (χ2v) is 4.27. The Morgan fingerprint density at radius 1 is 1.25 bits per heavy atom. The number of carbonyl (C=O) groups is 1. The van der Waals surface area contributed by atoms with Gasteiger partial charge in [-0.1, -0.05) is 0 Å². The van der Waals surface area contributed by atoms with E-state index in [0.29, 0.717) is 5.56 Å². The minimum atomic E-state index is -0.430. The van der Waals surface area contributed by atoms with Gasteiger partial charge in [-0.2, -0.15) is 0 Å². The van der Waals surface area contributed by atoms with Crippen molar-refractivity contribution < 1.29 is 4.79 Å². The molecule has 1 amide bonds. The number of carbonyl (C=O) groups excluding carboxylic acids is 1. The summed E-state index contributed by atoms with van der Waals surface area (Å²) in [6.45, 7) is 0. The number of nitrogens with two attached hydrogens (primary N) is 1. The van der Waals surface area contributed by atoms with Crippen molar-refractivity contribution in [2.75, 3.05) is 0 Å². The highest BCUT2D eigenvalue weighted by Crippen LogP contribution is 2.22. The Morgan fingerprint density at radius 2 is 2.12 bits per heavy atom. The van der Waals surface area contributed by atoms with Gasteiger partial charge in [0.05, 0.1) is 11.0 Å². The van der Waals surface area contributed by atoms with Gasteiger partial charge in [0.1, 0.15) is 10.3 Å². The van der Waals surface area contributed by atoms with Crippen LogP contribution in [0.25, 0.3) is 21.3 Å². The maximum atomic E-state index is 11.0. The molecule has 0 saturated carbocycles. The van der Waals surface area contributed by atoms with E-state index in [1.54, 1.807) is 23.7 Å². The van der Waals surface area contributed by atoms with E-state index < -0.39 is 5.91 Å². The number of primary amides is 1. The molecule has 2 aromatic heterocycles. The van der Waals surface area contributed by atoms with E-state index in [-0.39, 0.29) is 0 Å². The maximum Gasteiger partial charge on any atom is 0.248 e. The molecule has 1 aromatic carbocycles. The predicted octanol–water partition coefficient (Wildman–Crippen LogP) is 1.94. The standard InChI is InChI=1S/C11H7N3OS/c12-10(15)6-1-2-8-7(3-6)4-9-11(14-8)16-5-13-9/h1-5H,(H2,12,15). The SMILES string of the molecule is NC(=O)c1ccc2nc3scnc3cc2c1. The van der Waals surface area contributed by atoms with Gasteiger partial charge in [0.2, 0.25) is 5.91 Å². The fourth-order valence-corrected chi connectivity index (χ4v) is 2.26. The van der Waals surface area contributed by atoms with E-state index in [0.717, 1.165) is 21.3 Å². The minimum absolute atomic E-state index is 0.430. The van der Waals surface area contributed by atoms with E-state index in [1.807, 2.05) is 6.07 Å². The maximum absolute atomic E-state index is 11.0. The highest BCUT2D eigenvalue weighted by atomic mass is 32.1. The number of aromatic nitrogens is 2. The molecule has 0 aliphatic carbocycles. The van der Waals surface area contributed by atoms with Crippen LogP contribution in [-0.2, 0) is 0 Å². The Bertz CT molecular complexity index is 705. The molecule has 0 aliphatic heterocycles. The van der Waals surface area contributed by atoms with Gasteiger partial charge in [-0.3, -0.25) is 4.79 Å². The summed E-state index contributed by atoms with van der Waals surface area (Å²) in [6, 6.07) is 7.14. The Morgan fingerprint density at radius 3 is 2.94 bits per heavy atom. The van der Waals surface area contributed by atoms with Crippen LogP contribution in [0, 0.1) is 0 Å². The molecule has 0 radical (unpaired) electrons. The van der Waals surface area contributed by atoms with Crippen LogP contribution in [0.3, 0.4) is 0 Å². The van der Waals surface area contributed by atoms with E-state index in [9.17, 15) is 4.79 Å². The fourth-order valence-electron chi connectivity index (χ4n) is 1.61. The van der Waals surface area contributed by atoms with Gasteiger partial charge in [0.15, 0.2) is 0 Å². The fraction of sp³-hybridized carbons (Fsp3) is 0. The Hall–Kier alpha value is -2.01. The molecule has 4 nitrogen and oxygen atoms in total. The van der Waals surface area contributed by atoms with Crippen molar-refractivity contribution >= 4 is 38.5 Å². The average molecular weight is 229 g/mol. The van der Waals surface area contributed by atoms with Crippen LogP contribution in [-0.4, -0.2) is 15.9 Å². The molecule has 0 atom stereocenters. The summed E-state index contributed by atoms with van der Waals surface area (Å²) < 4.78 is 0. The Balaban J connectivity index is 2.37. The molecule has 2 heterocycles. The number of pyridine rings is 1. The summed E-state index contributed by atoms with van der Waals surface area (Å²) in [7, 11) is 0. The number of benzene rings is 1. The summed E-state index contributed by atoms with van der Waals surface area (Å²) in [5, 5.41) is 0.884. The quantitative estimate of drug-likeness (QED) is 0.693. The lowest BCUT2D eigenvalue weighted by Crippen LogP contribution is -2.10. The number of hydrogen-bond acceptors (Lipinski definition) is 4. The van der Waals surface area contributed by atoms with E-state index in [2.05, 4.69) is 9.97 Å². The zero-order chi connectivity index (χ0) is 11.1. The first-order chi connectivity index (χ1) is 7.74. The lowest BCUT2D eigenvalue weighted by Gasteiger charge is -1.99. The van der Waals surface area contributed by atoms with Crippen LogP contribution in [0.2, 0.25) is 0 Å². The van der Waals surface area contributed by atoms with Crippen molar-refractivity contribution in [3.63, 3.8) is 0 Å². The van der Waals surface area contributed by atoms with E-state index in [4.69, 9.17) is 5.73 Å². The summed E-state index contributed by atoms with van der Waals surface area (Å²) >= 11 is 1.50. The first-order valence-electron chi connectivity index (χ1n) is 4.68. The normalized spacial score (nSPS) is 11.0. The molecule has 0 fully saturated rings. The number of rotatable bonds is 1. The third kappa shape index (κ3) is 1.33. The number of thiazole rings is 1. The third-order valence-corrected chi connectivity index (χ3v) is 3.14. The predicted molar refractivity (Wildman–Crippen MR) is 63.4 cm³/mol. The van der Waals surface area contributed by atoms with Crippen LogP contribution in [0.5, 0.6) is 0 Å². The lowest BCUT2D eigenvalue weighted by molar-refractivity contribution is 0.100. The second kappa shape index (κ2) is 3.24. The molecule has 3 aromatic rings. The number of amides is 1. The molecular formula is C11H7N3OS. The minimum Gasteiger partial charge on any atom is -0.366 e. The topological polar surface area (TPSA) is 68.9 Å². The van der Waals surface area contributed by atoms with Gasteiger partial charge in [0.25, 0.3) is 0 Å². The molecule has 5 heteroatoms. The zero-order valence-electron chi connectivity index (χ0n) is 8.18. The van der Waals surface area contributed by atoms with E-state index in [1.165, 1.54) is 11.3 Å². The lowest BCUT2D eigenvalue weighted by atomic mass is 10.1. The van der Waals surface area contributed by atoms with Crippen molar-refractivity contribution in [2.24, 2.45) is 5.73 Å². The van der Waals surface area contributed by atoms with Crippen LogP contribution in [0.4, 0.5) is 0 Å². The molecule has 78 valence electrons. The van der Waals surface area contributed by atoms with Crippen molar-refractivity contribution in [1.82, 2.24) is 9.97 Å². The second-order valence-electron chi connectivity index (χ2n) is 3.44. The zero-order valence-corrected chi connectivity index (χ0v) is 8.99. The Labute approximate surface area is 94.7 Å². The average Bonchev–Trinajstić information content (AvgIpc) is 2.71. The summed E-state index contributed by atoms with van der Waals surface area (Å²) in [4.78, 5) is 20.6. The van der Waals surface area contributed by atoms with Gasteiger partial charge in [0, 0.05) is 10.9 Å². The smallest absolute Gasteiger partial charge is 0.248 e. The molecule has 2 N–H and O–H groups in total. The summed E-state index contributed by atoms with van der Waals surface area (Å²) in [5.41, 5.74) is 9.16. The third-order valence-electron chi connectivity index (χ3n) is 2.40. The van der Waals surface area contributed by atoms with Gasteiger partial charge in [-0.15, -0.1) is 11.3 Å². The molecule has 0 bridgehead atoms. The summed E-state index contributed by atoms with van der Waals surface area (Å²) in [6.07, 6.45) is 0. The van der Waals surface area contributed by atoms with Crippen molar-refractivity contribution in [2.45, 2.75) is 0 Å². The van der Waals surface area contributed by atoms with Gasteiger partial charge in [-0.25, -0.2) is 9.97 Å². The molecule has 0 aliphatic rings. The van der Waals surface area contributed by atoms with Crippen molar-refractivity contribution in [3.8, 4) is 0 Å². The van der Waals surface area contributed by atoms with E-state index >= 15 is 0 Å². The highest BCUT2D eigenvalue weighted by Gasteiger charge is 2.05. The molecule has 3 rings (SSSR count). The highest BCUT2D eigenvalue weighted by molar-refractivity contribution is 7.16. The first kappa shape index (κ1) is 9.23. The molecular weight excluding hydrogens is 222 g/mol. The van der Waals surface area contributed by atoms with Crippen LogP contribution in [0.15, 0.2) is 29.8 Å². The van der Waals surface area contributed by atoms with Gasteiger partial charge < -0.3 is 5.73 Å². The molecule has 0 unspecified atom stereocenters. The Kier molecular flexibility index (Phi) is 1.87. The molecule has 0 spiro atoms. The first-order valence-corrected chi connectivity index (χ1v) is 5.56. The van der Waals surface area contributed by atoms with Crippen molar-refractivity contribution in [1.29, 1.82) is 0 Å². The van der Waals surface area contributed by atoms with Crippen molar-refractivity contribution in [3.05, 3.63) is 35.3 Å². The summed E-state index contributed by atoms with van der Waals surface area (Å²) in [5.74, 6) is -0.430. The molecule has 16 heavy (non-hydrogen) atoms. The largest absolute Gasteiger partial charge is 0.366 e. The molecule has 0 saturated heterocycles. The van der Waals surface area contributed by atoms with Crippen LogP contribution < -0.4 is 5.73 Å². The van der Waals surface area contributed by atoms with Crippen LogP contribution in [0.1, 0.15) is 10.4 Å². The number of fused-ring (bicyclic) bond motifs is 2. The number of nitrogens with zero attached hydrogens (tertiary/aromatic N) is 2. The van der Waals surface area contributed by atoms with Gasteiger partial charge >= 0.3 is 0 Å². The number of hydrogen-bond donors (Lipinski definition) is 1. The monoisotopic (exact) mass is 229 g/mol. The van der Waals surface area contributed by atoms with Crippen LogP contribution >= 0.6 is 11.3 Å².